The van der Waals surface area contributed by atoms with Crippen molar-refractivity contribution in [2.75, 3.05) is 4.90 Å². The molecule has 1 amide bonds. The third-order valence-corrected chi connectivity index (χ3v) is 6.15. The van der Waals surface area contributed by atoms with Crippen LogP contribution in [0.2, 0.25) is 0 Å². The van der Waals surface area contributed by atoms with Gasteiger partial charge >= 0.3 is 0 Å². The Balaban J connectivity index is 1.52. The van der Waals surface area contributed by atoms with Crippen LogP contribution in [0.5, 0.6) is 0 Å². The SMILES string of the molecule is Cc1ccc(Sc2ccc(/C=C3/SC(=S)N(c4ccccc4)C3=O)o2)cc1. The van der Waals surface area contributed by atoms with E-state index in [-0.39, 0.29) is 5.91 Å². The number of hydrogen-bond acceptors (Lipinski definition) is 5. The zero-order valence-corrected chi connectivity index (χ0v) is 16.9. The summed E-state index contributed by atoms with van der Waals surface area (Å²) < 4.78 is 6.39. The Morgan fingerprint density at radius 1 is 1.04 bits per heavy atom. The summed E-state index contributed by atoms with van der Waals surface area (Å²) in [5, 5.41) is 0.781. The Labute approximate surface area is 171 Å². The van der Waals surface area contributed by atoms with Crippen molar-refractivity contribution in [3.63, 3.8) is 0 Å². The van der Waals surface area contributed by atoms with E-state index in [2.05, 4.69) is 31.2 Å². The van der Waals surface area contributed by atoms with Gasteiger partial charge in [0, 0.05) is 11.0 Å². The lowest BCUT2D eigenvalue weighted by Crippen LogP contribution is -2.27. The standard InChI is InChI=1S/C21H15NO2S3/c1-14-7-10-17(11-8-14)26-19-12-9-16(24-19)13-18-20(23)22(21(25)27-18)15-5-3-2-4-6-15/h2-13H,1H3/b18-13+. The summed E-state index contributed by atoms with van der Waals surface area (Å²) in [4.78, 5) is 16.0. The number of carbonyl (C=O) groups is 1. The molecular weight excluding hydrogens is 394 g/mol. The molecular formula is C21H15NO2S3. The number of thioether (sulfide) groups is 1. The van der Waals surface area contributed by atoms with Crippen molar-refractivity contribution in [2.24, 2.45) is 0 Å². The van der Waals surface area contributed by atoms with Crippen LogP contribution in [0.4, 0.5) is 5.69 Å². The number of amides is 1. The molecule has 0 unspecified atom stereocenters. The molecule has 1 saturated heterocycles. The molecule has 0 atom stereocenters. The number of thiocarbonyl (C=S) groups is 1. The molecule has 1 aromatic heterocycles. The highest BCUT2D eigenvalue weighted by Gasteiger charge is 2.33. The lowest BCUT2D eigenvalue weighted by molar-refractivity contribution is -0.113. The zero-order valence-electron chi connectivity index (χ0n) is 14.4. The quantitative estimate of drug-likeness (QED) is 0.381. The molecule has 0 saturated carbocycles. The fourth-order valence-corrected chi connectivity index (χ4v) is 4.64. The Bertz CT molecular complexity index is 1020. The third kappa shape index (κ3) is 4.03. The number of para-hydroxylation sites is 1. The monoisotopic (exact) mass is 409 g/mol. The van der Waals surface area contributed by atoms with Crippen molar-refractivity contribution in [3.05, 3.63) is 83.0 Å². The second-order valence-corrected chi connectivity index (χ2v) is 8.68. The molecule has 2 aromatic carbocycles. The van der Waals surface area contributed by atoms with Crippen molar-refractivity contribution in [2.45, 2.75) is 16.9 Å². The van der Waals surface area contributed by atoms with Crippen LogP contribution in [0.1, 0.15) is 11.3 Å². The highest BCUT2D eigenvalue weighted by atomic mass is 32.2. The van der Waals surface area contributed by atoms with Gasteiger partial charge < -0.3 is 4.42 Å². The molecule has 1 aliphatic heterocycles. The molecule has 0 aliphatic carbocycles. The van der Waals surface area contributed by atoms with Crippen molar-refractivity contribution in [3.8, 4) is 0 Å². The largest absolute Gasteiger partial charge is 0.450 e. The van der Waals surface area contributed by atoms with Gasteiger partial charge in [0.05, 0.1) is 10.6 Å². The summed E-state index contributed by atoms with van der Waals surface area (Å²) in [6.45, 7) is 2.06. The van der Waals surface area contributed by atoms with Crippen molar-refractivity contribution in [1.82, 2.24) is 0 Å². The molecule has 6 heteroatoms. The average Bonchev–Trinajstić information content (AvgIpc) is 3.22. The molecule has 1 aliphatic rings. The zero-order chi connectivity index (χ0) is 18.8. The number of nitrogens with zero attached hydrogens (tertiary/aromatic N) is 1. The van der Waals surface area contributed by atoms with Crippen LogP contribution in [0.3, 0.4) is 0 Å². The first-order valence-electron chi connectivity index (χ1n) is 8.27. The molecule has 0 radical (unpaired) electrons. The molecule has 0 spiro atoms. The molecule has 0 bridgehead atoms. The maximum Gasteiger partial charge on any atom is 0.270 e. The van der Waals surface area contributed by atoms with Gasteiger partial charge in [-0.3, -0.25) is 9.69 Å². The van der Waals surface area contributed by atoms with E-state index in [1.807, 2.05) is 42.5 Å². The Kier molecular flexibility index (Phi) is 5.20. The molecule has 3 aromatic rings. The maximum absolute atomic E-state index is 12.8. The first-order valence-corrected chi connectivity index (χ1v) is 10.3. The second-order valence-electron chi connectivity index (χ2n) is 5.92. The van der Waals surface area contributed by atoms with Gasteiger partial charge in [0.2, 0.25) is 0 Å². The predicted octanol–water partition coefficient (Wildman–Crippen LogP) is 6.15. The maximum atomic E-state index is 12.8. The number of furan rings is 1. The molecule has 0 N–H and O–H groups in total. The van der Waals surface area contributed by atoms with E-state index in [0.717, 1.165) is 15.7 Å². The average molecular weight is 410 g/mol. The summed E-state index contributed by atoms with van der Waals surface area (Å²) in [6.07, 6.45) is 1.75. The van der Waals surface area contributed by atoms with Gasteiger partial charge in [0.1, 0.15) is 5.76 Å². The van der Waals surface area contributed by atoms with Crippen molar-refractivity contribution >= 4 is 57.7 Å². The highest BCUT2D eigenvalue weighted by Crippen LogP contribution is 2.37. The molecule has 3 nitrogen and oxygen atoms in total. The van der Waals surface area contributed by atoms with Gasteiger partial charge in [-0.05, 0) is 43.3 Å². The minimum absolute atomic E-state index is 0.125. The van der Waals surface area contributed by atoms with Crippen LogP contribution in [-0.2, 0) is 4.79 Å². The van der Waals surface area contributed by atoms with Gasteiger partial charge in [-0.15, -0.1) is 0 Å². The van der Waals surface area contributed by atoms with E-state index < -0.39 is 0 Å². The summed E-state index contributed by atoms with van der Waals surface area (Å²) in [5.74, 6) is 0.513. The number of carbonyl (C=O) groups excluding carboxylic acids is 1. The van der Waals surface area contributed by atoms with E-state index in [4.69, 9.17) is 16.6 Å². The molecule has 27 heavy (non-hydrogen) atoms. The second kappa shape index (κ2) is 7.76. The van der Waals surface area contributed by atoms with Crippen LogP contribution in [0.25, 0.3) is 6.08 Å². The number of benzene rings is 2. The fraction of sp³-hybridized carbons (Fsp3) is 0.0476. The van der Waals surface area contributed by atoms with E-state index in [9.17, 15) is 4.79 Å². The molecule has 2 heterocycles. The third-order valence-electron chi connectivity index (χ3n) is 3.92. The van der Waals surface area contributed by atoms with Gasteiger partial charge in [0.15, 0.2) is 9.41 Å². The first-order chi connectivity index (χ1) is 13.1. The minimum Gasteiger partial charge on any atom is -0.450 e. The Morgan fingerprint density at radius 3 is 2.52 bits per heavy atom. The van der Waals surface area contributed by atoms with Crippen LogP contribution >= 0.6 is 35.7 Å². The van der Waals surface area contributed by atoms with Crippen LogP contribution in [-0.4, -0.2) is 10.2 Å². The van der Waals surface area contributed by atoms with E-state index in [1.165, 1.54) is 17.3 Å². The lowest BCUT2D eigenvalue weighted by Gasteiger charge is -2.13. The Hall–Kier alpha value is -2.28. The summed E-state index contributed by atoms with van der Waals surface area (Å²) in [6, 6.07) is 21.5. The predicted molar refractivity (Wildman–Crippen MR) is 116 cm³/mol. The fourth-order valence-electron chi connectivity index (χ4n) is 2.59. The Morgan fingerprint density at radius 2 is 1.78 bits per heavy atom. The molecule has 134 valence electrons. The smallest absolute Gasteiger partial charge is 0.270 e. The summed E-state index contributed by atoms with van der Waals surface area (Å²) in [7, 11) is 0. The highest BCUT2D eigenvalue weighted by molar-refractivity contribution is 8.27. The summed E-state index contributed by atoms with van der Waals surface area (Å²) >= 11 is 8.23. The number of rotatable bonds is 4. The number of aryl methyl sites for hydroxylation is 1. The lowest BCUT2D eigenvalue weighted by atomic mass is 10.2. The van der Waals surface area contributed by atoms with Crippen LogP contribution < -0.4 is 4.90 Å². The van der Waals surface area contributed by atoms with E-state index in [1.54, 1.807) is 22.7 Å². The number of hydrogen-bond donors (Lipinski definition) is 0. The van der Waals surface area contributed by atoms with E-state index in [0.29, 0.717) is 15.0 Å². The number of anilines is 1. The van der Waals surface area contributed by atoms with E-state index >= 15 is 0 Å². The van der Waals surface area contributed by atoms with Gasteiger partial charge in [-0.2, -0.15) is 0 Å². The molecule has 4 rings (SSSR count). The topological polar surface area (TPSA) is 33.5 Å². The minimum atomic E-state index is -0.125. The van der Waals surface area contributed by atoms with Crippen LogP contribution in [0.15, 0.2) is 86.0 Å². The summed E-state index contributed by atoms with van der Waals surface area (Å²) in [5.41, 5.74) is 2.00. The normalized spacial score (nSPS) is 15.7. The van der Waals surface area contributed by atoms with Gasteiger partial charge in [0.25, 0.3) is 5.91 Å². The van der Waals surface area contributed by atoms with Crippen molar-refractivity contribution < 1.29 is 9.21 Å². The van der Waals surface area contributed by atoms with Gasteiger partial charge in [-0.1, -0.05) is 71.6 Å². The first kappa shape index (κ1) is 18.1. The van der Waals surface area contributed by atoms with Crippen LogP contribution in [0, 0.1) is 6.92 Å². The van der Waals surface area contributed by atoms with Gasteiger partial charge in [-0.25, -0.2) is 0 Å². The van der Waals surface area contributed by atoms with Crippen molar-refractivity contribution in [1.29, 1.82) is 0 Å². The molecule has 1 fully saturated rings.